The van der Waals surface area contributed by atoms with Crippen LogP contribution in [-0.4, -0.2) is 29.6 Å². The van der Waals surface area contributed by atoms with Crippen molar-refractivity contribution in [2.75, 3.05) is 6.54 Å². The van der Waals surface area contributed by atoms with Gasteiger partial charge in [0.2, 0.25) is 0 Å². The summed E-state index contributed by atoms with van der Waals surface area (Å²) in [6.45, 7) is 0.459. The number of carbonyl (C=O) groups excluding carboxylic acids is 2. The molecular weight excluding hydrogens is 280 g/mol. The molecular formula is C17H24N2O3. The summed E-state index contributed by atoms with van der Waals surface area (Å²) in [5, 5.41) is 15.2. The summed E-state index contributed by atoms with van der Waals surface area (Å²) in [7, 11) is 0. The zero-order chi connectivity index (χ0) is 15.8. The third-order valence-corrected chi connectivity index (χ3v) is 4.17. The number of benzene rings is 1. The predicted molar refractivity (Wildman–Crippen MR) is 83.9 cm³/mol. The standard InChI is InChI=1S/C17H24N2O3/c20-15(14-9-5-2-6-10-14)12-19-17(22)16(21)18-11-13-7-3-1-4-8-13/h1,3-4,7-8,14-15,20H,2,5-6,9-12H2,(H,18,21)(H,19,22)/t15-/m1/s1. The Morgan fingerprint density at radius 1 is 1.05 bits per heavy atom. The molecule has 1 saturated carbocycles. The van der Waals surface area contributed by atoms with Crippen LogP contribution in [0.15, 0.2) is 30.3 Å². The van der Waals surface area contributed by atoms with E-state index in [1.165, 1.54) is 6.42 Å². The summed E-state index contributed by atoms with van der Waals surface area (Å²) in [6, 6.07) is 9.41. The Balaban J connectivity index is 1.68. The second-order valence-electron chi connectivity index (χ2n) is 5.84. The van der Waals surface area contributed by atoms with Gasteiger partial charge in [-0.25, -0.2) is 0 Å². The lowest BCUT2D eigenvalue weighted by Crippen LogP contribution is -2.44. The van der Waals surface area contributed by atoms with Crippen molar-refractivity contribution in [2.24, 2.45) is 5.92 Å². The van der Waals surface area contributed by atoms with Gasteiger partial charge in [-0.3, -0.25) is 9.59 Å². The normalized spacial score (nSPS) is 16.8. The molecule has 3 N–H and O–H groups in total. The van der Waals surface area contributed by atoms with Gasteiger partial charge in [-0.05, 0) is 24.3 Å². The fourth-order valence-corrected chi connectivity index (χ4v) is 2.82. The fourth-order valence-electron chi connectivity index (χ4n) is 2.82. The van der Waals surface area contributed by atoms with Crippen LogP contribution < -0.4 is 10.6 Å². The van der Waals surface area contributed by atoms with Gasteiger partial charge in [0.15, 0.2) is 0 Å². The summed E-state index contributed by atoms with van der Waals surface area (Å²) in [5.74, 6) is -1.12. The van der Waals surface area contributed by atoms with Crippen molar-refractivity contribution >= 4 is 11.8 Å². The smallest absolute Gasteiger partial charge is 0.309 e. The van der Waals surface area contributed by atoms with E-state index in [-0.39, 0.29) is 12.5 Å². The third kappa shape index (κ3) is 5.15. The Labute approximate surface area is 131 Å². The monoisotopic (exact) mass is 304 g/mol. The molecule has 0 unspecified atom stereocenters. The van der Waals surface area contributed by atoms with Crippen LogP contribution >= 0.6 is 0 Å². The first kappa shape index (κ1) is 16.5. The Hall–Kier alpha value is -1.88. The molecule has 2 amide bonds. The fraction of sp³-hybridized carbons (Fsp3) is 0.529. The molecule has 0 aliphatic heterocycles. The average molecular weight is 304 g/mol. The maximum atomic E-state index is 11.7. The zero-order valence-electron chi connectivity index (χ0n) is 12.8. The van der Waals surface area contributed by atoms with Crippen LogP contribution in [0.1, 0.15) is 37.7 Å². The lowest BCUT2D eigenvalue weighted by atomic mass is 9.85. The molecule has 1 aliphatic carbocycles. The van der Waals surface area contributed by atoms with E-state index in [1.54, 1.807) is 0 Å². The number of aliphatic hydroxyl groups is 1. The highest BCUT2D eigenvalue weighted by Gasteiger charge is 2.23. The molecule has 1 fully saturated rings. The zero-order valence-corrected chi connectivity index (χ0v) is 12.8. The third-order valence-electron chi connectivity index (χ3n) is 4.17. The van der Waals surface area contributed by atoms with Crippen LogP contribution in [0.2, 0.25) is 0 Å². The van der Waals surface area contributed by atoms with Crippen molar-refractivity contribution in [3.8, 4) is 0 Å². The van der Waals surface area contributed by atoms with Crippen molar-refractivity contribution < 1.29 is 14.7 Å². The maximum Gasteiger partial charge on any atom is 0.309 e. The van der Waals surface area contributed by atoms with Crippen molar-refractivity contribution in [1.82, 2.24) is 10.6 Å². The second kappa shape index (κ2) is 8.54. The van der Waals surface area contributed by atoms with Crippen molar-refractivity contribution in [3.63, 3.8) is 0 Å². The van der Waals surface area contributed by atoms with Crippen LogP contribution in [-0.2, 0) is 16.1 Å². The Morgan fingerprint density at radius 2 is 1.68 bits per heavy atom. The number of amides is 2. The summed E-state index contributed by atoms with van der Waals surface area (Å²) < 4.78 is 0. The molecule has 1 aromatic rings. The van der Waals surface area contributed by atoms with E-state index < -0.39 is 17.9 Å². The molecule has 2 rings (SSSR count). The quantitative estimate of drug-likeness (QED) is 0.719. The minimum atomic E-state index is -0.689. The highest BCUT2D eigenvalue weighted by Crippen LogP contribution is 2.26. The van der Waals surface area contributed by atoms with Gasteiger partial charge in [0, 0.05) is 13.1 Å². The number of hydrogen-bond donors (Lipinski definition) is 3. The first-order chi connectivity index (χ1) is 10.7. The highest BCUT2D eigenvalue weighted by molar-refractivity contribution is 6.35. The number of rotatable bonds is 5. The van der Waals surface area contributed by atoms with Gasteiger partial charge in [-0.15, -0.1) is 0 Å². The first-order valence-corrected chi connectivity index (χ1v) is 7.95. The molecule has 0 spiro atoms. The summed E-state index contributed by atoms with van der Waals surface area (Å²) >= 11 is 0. The van der Waals surface area contributed by atoms with E-state index >= 15 is 0 Å². The van der Waals surface area contributed by atoms with Gasteiger partial charge in [-0.2, -0.15) is 0 Å². The molecule has 22 heavy (non-hydrogen) atoms. The molecule has 1 aliphatic rings. The van der Waals surface area contributed by atoms with E-state index in [2.05, 4.69) is 10.6 Å². The van der Waals surface area contributed by atoms with Crippen LogP contribution in [0.25, 0.3) is 0 Å². The summed E-state index contributed by atoms with van der Waals surface area (Å²) in [5.41, 5.74) is 0.936. The van der Waals surface area contributed by atoms with Gasteiger partial charge in [0.25, 0.3) is 0 Å². The minimum Gasteiger partial charge on any atom is -0.391 e. The van der Waals surface area contributed by atoms with E-state index in [4.69, 9.17) is 0 Å². The van der Waals surface area contributed by atoms with Crippen molar-refractivity contribution in [2.45, 2.75) is 44.8 Å². The molecule has 5 heteroatoms. The number of hydrogen-bond acceptors (Lipinski definition) is 3. The number of nitrogens with one attached hydrogen (secondary N) is 2. The van der Waals surface area contributed by atoms with Crippen molar-refractivity contribution in [1.29, 1.82) is 0 Å². The minimum absolute atomic E-state index is 0.141. The SMILES string of the molecule is O=C(NCc1ccccc1)C(=O)NC[C@@H](O)C1CCCCC1. The molecule has 5 nitrogen and oxygen atoms in total. The molecule has 1 atom stereocenters. The van der Waals surface area contributed by atoms with Gasteiger partial charge in [0.1, 0.15) is 0 Å². The Bertz CT molecular complexity index is 484. The van der Waals surface area contributed by atoms with Gasteiger partial charge < -0.3 is 15.7 Å². The molecule has 0 heterocycles. The molecule has 0 saturated heterocycles. The van der Waals surface area contributed by atoms with Crippen LogP contribution in [0.4, 0.5) is 0 Å². The van der Waals surface area contributed by atoms with Gasteiger partial charge >= 0.3 is 11.8 Å². The topological polar surface area (TPSA) is 78.4 Å². The van der Waals surface area contributed by atoms with E-state index in [0.717, 1.165) is 31.2 Å². The lowest BCUT2D eigenvalue weighted by molar-refractivity contribution is -0.139. The van der Waals surface area contributed by atoms with E-state index in [1.807, 2.05) is 30.3 Å². The number of carbonyl (C=O) groups is 2. The Morgan fingerprint density at radius 3 is 2.36 bits per heavy atom. The van der Waals surface area contributed by atoms with E-state index in [9.17, 15) is 14.7 Å². The van der Waals surface area contributed by atoms with Crippen LogP contribution in [0.5, 0.6) is 0 Å². The van der Waals surface area contributed by atoms with Gasteiger partial charge in [0.05, 0.1) is 6.10 Å². The molecule has 0 bridgehead atoms. The molecule has 0 aromatic heterocycles. The first-order valence-electron chi connectivity index (χ1n) is 7.95. The van der Waals surface area contributed by atoms with Crippen LogP contribution in [0, 0.1) is 5.92 Å². The lowest BCUT2D eigenvalue weighted by Gasteiger charge is -2.26. The van der Waals surface area contributed by atoms with Crippen molar-refractivity contribution in [3.05, 3.63) is 35.9 Å². The summed E-state index contributed by atoms with van der Waals surface area (Å²) in [4.78, 5) is 23.4. The predicted octanol–water partition coefficient (Wildman–Crippen LogP) is 1.36. The van der Waals surface area contributed by atoms with Gasteiger partial charge in [-0.1, -0.05) is 49.6 Å². The second-order valence-corrected chi connectivity index (χ2v) is 5.84. The number of aliphatic hydroxyl groups excluding tert-OH is 1. The van der Waals surface area contributed by atoms with Crippen LogP contribution in [0.3, 0.4) is 0 Å². The molecule has 120 valence electrons. The molecule has 1 aromatic carbocycles. The molecule has 0 radical (unpaired) electrons. The van der Waals surface area contributed by atoms with E-state index in [0.29, 0.717) is 6.54 Å². The average Bonchev–Trinajstić information content (AvgIpc) is 2.58. The largest absolute Gasteiger partial charge is 0.391 e. The highest BCUT2D eigenvalue weighted by atomic mass is 16.3. The Kier molecular flexibility index (Phi) is 6.40. The maximum absolute atomic E-state index is 11.7. The summed E-state index contributed by atoms with van der Waals surface area (Å²) in [6.07, 6.45) is 4.91.